The summed E-state index contributed by atoms with van der Waals surface area (Å²) in [6, 6.07) is 15.7. The summed E-state index contributed by atoms with van der Waals surface area (Å²) in [4.78, 5) is 10.8. The van der Waals surface area contributed by atoms with Gasteiger partial charge in [-0.3, -0.25) is 4.79 Å². The number of β-amino-alcohol motifs (C(OH)–C–C–N with tert-alkyl or cyclic N) is 1. The van der Waals surface area contributed by atoms with Crippen LogP contribution in [0.15, 0.2) is 42.5 Å². The van der Waals surface area contributed by atoms with Crippen molar-refractivity contribution in [2.75, 3.05) is 13.2 Å². The van der Waals surface area contributed by atoms with Gasteiger partial charge in [0.1, 0.15) is 24.5 Å². The van der Waals surface area contributed by atoms with Crippen LogP contribution in [0.2, 0.25) is 0 Å². The summed E-state index contributed by atoms with van der Waals surface area (Å²) in [7, 11) is 0. The molecule has 3 rings (SSSR count). The first-order valence-corrected chi connectivity index (χ1v) is 11.1. The molecule has 2 aromatic carbocycles. The third kappa shape index (κ3) is 8.04. The molecule has 0 amide bonds. The molecule has 33 heavy (non-hydrogen) atoms. The number of aliphatic hydroxyl groups is 1. The second-order valence-corrected chi connectivity index (χ2v) is 9.31. The number of halogens is 1. The van der Waals surface area contributed by atoms with Gasteiger partial charge in [-0.15, -0.1) is 12.4 Å². The van der Waals surface area contributed by atoms with Crippen LogP contribution in [0, 0.1) is 17.2 Å². The second-order valence-electron chi connectivity index (χ2n) is 9.31. The topological polar surface area (TPSA) is 103 Å². The lowest BCUT2D eigenvalue weighted by atomic mass is 9.88. The summed E-state index contributed by atoms with van der Waals surface area (Å²) in [6.07, 6.45) is 2.85. The quantitative estimate of drug-likeness (QED) is 0.458. The van der Waals surface area contributed by atoms with Crippen LogP contribution < -0.4 is 10.1 Å². The lowest BCUT2D eigenvalue weighted by Crippen LogP contribution is -2.46. The average Bonchev–Trinajstić information content (AvgIpc) is 3.16. The van der Waals surface area contributed by atoms with Crippen molar-refractivity contribution in [3.8, 4) is 11.8 Å². The van der Waals surface area contributed by atoms with Crippen LogP contribution in [0.3, 0.4) is 0 Å². The normalized spacial score (nSPS) is 14.1. The Labute approximate surface area is 202 Å². The summed E-state index contributed by atoms with van der Waals surface area (Å²) in [5.74, 6) is 0.0925. The fourth-order valence-corrected chi connectivity index (χ4v) is 4.41. The molecule has 7 heteroatoms. The average molecular weight is 473 g/mol. The van der Waals surface area contributed by atoms with Crippen molar-refractivity contribution in [1.82, 2.24) is 5.32 Å². The smallest absolute Gasteiger partial charge is 0.303 e. The molecule has 0 fully saturated rings. The Balaban J connectivity index is 0.00000385. The number of nitrogens with zero attached hydrogens (tertiary/aromatic N) is 1. The van der Waals surface area contributed by atoms with Crippen molar-refractivity contribution in [1.29, 1.82) is 5.26 Å². The first kappa shape index (κ1) is 26.7. The molecule has 3 N–H and O–H groups in total. The monoisotopic (exact) mass is 472 g/mol. The fourth-order valence-electron chi connectivity index (χ4n) is 4.41. The number of ether oxygens (including phenoxy) is 1. The molecule has 0 unspecified atom stereocenters. The Morgan fingerprint density at radius 1 is 1.24 bits per heavy atom. The van der Waals surface area contributed by atoms with E-state index >= 15 is 0 Å². The molecule has 1 atom stereocenters. The van der Waals surface area contributed by atoms with Crippen molar-refractivity contribution in [2.45, 2.75) is 57.6 Å². The molecular formula is C26H33ClN2O4. The highest BCUT2D eigenvalue weighted by Gasteiger charge is 2.28. The molecular weight excluding hydrogens is 440 g/mol. The highest BCUT2D eigenvalue weighted by molar-refractivity contribution is 5.85. The van der Waals surface area contributed by atoms with E-state index in [0.717, 1.165) is 24.8 Å². The van der Waals surface area contributed by atoms with Gasteiger partial charge < -0.3 is 20.3 Å². The molecule has 0 saturated heterocycles. The number of hydrogen-bond acceptors (Lipinski definition) is 5. The number of carbonyl (C=O) groups is 1. The van der Waals surface area contributed by atoms with E-state index in [-0.39, 0.29) is 31.0 Å². The first-order valence-electron chi connectivity index (χ1n) is 11.1. The van der Waals surface area contributed by atoms with Gasteiger partial charge in [0.2, 0.25) is 0 Å². The van der Waals surface area contributed by atoms with Crippen LogP contribution in [0.5, 0.6) is 5.75 Å². The van der Waals surface area contributed by atoms with Crippen LogP contribution in [0.25, 0.3) is 0 Å². The maximum atomic E-state index is 10.8. The van der Waals surface area contributed by atoms with E-state index < -0.39 is 12.1 Å². The standard InChI is InChI=1S/C26H32N2O4.ClH/c1-26(2,14-19-11-20-5-3-4-6-21(20)12-19)28-16-23(29)17-32-24-13-18(8-10-25(30)31)7-9-22(24)15-27;/h3-7,9,13,19,23,28-29H,8,10-12,14,16-17H2,1-2H3,(H,30,31);1H/t23-;/m0./s1. The minimum atomic E-state index is -0.873. The van der Waals surface area contributed by atoms with Crippen molar-refractivity contribution < 1.29 is 19.7 Å². The molecule has 1 aliphatic rings. The Morgan fingerprint density at radius 3 is 2.52 bits per heavy atom. The van der Waals surface area contributed by atoms with E-state index in [1.165, 1.54) is 11.1 Å². The molecule has 0 aromatic heterocycles. The van der Waals surface area contributed by atoms with Crippen molar-refractivity contribution in [3.05, 3.63) is 64.7 Å². The number of carboxylic acids is 1. The fraction of sp³-hybridized carbons (Fsp3) is 0.462. The maximum absolute atomic E-state index is 10.8. The zero-order chi connectivity index (χ0) is 23.1. The molecule has 0 saturated carbocycles. The van der Waals surface area contributed by atoms with E-state index in [2.05, 4.69) is 49.5 Å². The minimum absolute atomic E-state index is 0. The summed E-state index contributed by atoms with van der Waals surface area (Å²) >= 11 is 0. The second kappa shape index (κ2) is 12.0. The molecule has 0 heterocycles. The Kier molecular flexibility index (Phi) is 9.72. The molecule has 0 aliphatic heterocycles. The summed E-state index contributed by atoms with van der Waals surface area (Å²) < 4.78 is 5.72. The van der Waals surface area contributed by atoms with E-state index in [9.17, 15) is 15.2 Å². The summed E-state index contributed by atoms with van der Waals surface area (Å²) in [6.45, 7) is 4.74. The lowest BCUT2D eigenvalue weighted by molar-refractivity contribution is -0.136. The number of carboxylic acid groups (broad SMARTS) is 1. The van der Waals surface area contributed by atoms with Crippen LogP contribution in [0.4, 0.5) is 0 Å². The molecule has 6 nitrogen and oxygen atoms in total. The molecule has 178 valence electrons. The zero-order valence-corrected chi connectivity index (χ0v) is 20.0. The highest BCUT2D eigenvalue weighted by atomic mass is 35.5. The number of nitrogens with one attached hydrogen (secondary N) is 1. The number of hydrogen-bond donors (Lipinski definition) is 3. The van der Waals surface area contributed by atoms with Crippen LogP contribution in [0.1, 0.15) is 48.9 Å². The zero-order valence-electron chi connectivity index (χ0n) is 19.2. The molecule has 0 bridgehead atoms. The van der Waals surface area contributed by atoms with Gasteiger partial charge in [0.15, 0.2) is 0 Å². The highest BCUT2D eigenvalue weighted by Crippen LogP contribution is 2.31. The molecule has 2 aromatic rings. The van der Waals surface area contributed by atoms with Gasteiger partial charge in [-0.1, -0.05) is 30.3 Å². The van der Waals surface area contributed by atoms with Gasteiger partial charge in [-0.25, -0.2) is 0 Å². The third-order valence-electron chi connectivity index (χ3n) is 5.98. The van der Waals surface area contributed by atoms with Gasteiger partial charge in [0.05, 0.1) is 5.56 Å². The largest absolute Gasteiger partial charge is 0.489 e. The van der Waals surface area contributed by atoms with Crippen molar-refractivity contribution >= 4 is 18.4 Å². The number of aliphatic hydroxyl groups excluding tert-OH is 1. The predicted molar refractivity (Wildman–Crippen MR) is 130 cm³/mol. The Bertz CT molecular complexity index is 961. The number of aryl methyl sites for hydroxylation is 1. The molecule has 1 aliphatic carbocycles. The van der Waals surface area contributed by atoms with Gasteiger partial charge in [0.25, 0.3) is 0 Å². The van der Waals surface area contributed by atoms with E-state index in [4.69, 9.17) is 9.84 Å². The van der Waals surface area contributed by atoms with Gasteiger partial charge in [-0.2, -0.15) is 5.26 Å². The van der Waals surface area contributed by atoms with Gasteiger partial charge >= 0.3 is 5.97 Å². The molecule has 0 spiro atoms. The van der Waals surface area contributed by atoms with E-state index in [0.29, 0.717) is 30.2 Å². The maximum Gasteiger partial charge on any atom is 0.303 e. The molecule has 0 radical (unpaired) electrons. The van der Waals surface area contributed by atoms with E-state index in [1.54, 1.807) is 18.2 Å². The lowest BCUT2D eigenvalue weighted by Gasteiger charge is -2.30. The number of aliphatic carboxylic acids is 1. The van der Waals surface area contributed by atoms with Gasteiger partial charge in [-0.05, 0) is 74.3 Å². The van der Waals surface area contributed by atoms with Crippen LogP contribution in [-0.4, -0.2) is 41.0 Å². The SMILES string of the molecule is CC(C)(CC1Cc2ccccc2C1)NC[C@H](O)COc1cc(CCC(=O)O)ccc1C#N.Cl. The van der Waals surface area contributed by atoms with Crippen LogP contribution in [-0.2, 0) is 24.1 Å². The summed E-state index contributed by atoms with van der Waals surface area (Å²) in [5, 5.41) is 32.1. The van der Waals surface area contributed by atoms with E-state index in [1.807, 2.05) is 0 Å². The third-order valence-corrected chi connectivity index (χ3v) is 5.98. The number of fused-ring (bicyclic) bond motifs is 1. The Morgan fingerprint density at radius 2 is 1.91 bits per heavy atom. The predicted octanol–water partition coefficient (Wildman–Crippen LogP) is 3.91. The number of rotatable bonds is 11. The number of nitriles is 1. The first-order chi connectivity index (χ1) is 15.3. The minimum Gasteiger partial charge on any atom is -0.489 e. The number of benzene rings is 2. The van der Waals surface area contributed by atoms with Crippen molar-refractivity contribution in [3.63, 3.8) is 0 Å². The van der Waals surface area contributed by atoms with Crippen LogP contribution >= 0.6 is 12.4 Å². The van der Waals surface area contributed by atoms with Gasteiger partial charge in [0, 0.05) is 18.5 Å². The summed E-state index contributed by atoms with van der Waals surface area (Å²) in [5.41, 5.74) is 3.92. The Hall–Kier alpha value is -2.59. The van der Waals surface area contributed by atoms with Crippen molar-refractivity contribution in [2.24, 2.45) is 5.92 Å².